The van der Waals surface area contributed by atoms with Crippen LogP contribution in [-0.2, 0) is 0 Å². The highest BCUT2D eigenvalue weighted by molar-refractivity contribution is 5.50. The number of rotatable bonds is 8. The lowest BCUT2D eigenvalue weighted by molar-refractivity contribution is 0.201. The second kappa shape index (κ2) is 8.77. The highest BCUT2D eigenvalue weighted by Gasteiger charge is 2.16. The fraction of sp³-hybridized carbons (Fsp3) is 0.235. The van der Waals surface area contributed by atoms with Crippen molar-refractivity contribution < 1.29 is 4.74 Å². The van der Waals surface area contributed by atoms with Crippen molar-refractivity contribution in [3.63, 3.8) is 0 Å². The lowest BCUT2D eigenvalue weighted by atomic mass is 10.0. The summed E-state index contributed by atoms with van der Waals surface area (Å²) in [4.78, 5) is 0. The molecule has 0 aromatic heterocycles. The summed E-state index contributed by atoms with van der Waals surface area (Å²) in [5, 5.41) is 8.45. The summed E-state index contributed by atoms with van der Waals surface area (Å²) >= 11 is 0. The van der Waals surface area contributed by atoms with Gasteiger partial charge in [0, 0.05) is 0 Å². The molecule has 2 aromatic rings. The molecule has 122 valence electrons. The molecule has 0 fully saturated rings. The number of benzene rings is 2. The number of nitrogens with zero attached hydrogens (tertiary/aromatic N) is 2. The Kier molecular flexibility index (Phi) is 6.40. The predicted octanol–water partition coefficient (Wildman–Crippen LogP) is 2.21. The molecule has 0 aliphatic rings. The zero-order chi connectivity index (χ0) is 16.5. The van der Waals surface area contributed by atoms with E-state index in [0.717, 1.165) is 30.0 Å². The van der Waals surface area contributed by atoms with Crippen molar-refractivity contribution in [3.05, 3.63) is 60.2 Å². The van der Waals surface area contributed by atoms with Gasteiger partial charge >= 0.3 is 0 Å². The fourth-order valence-corrected chi connectivity index (χ4v) is 2.27. The van der Waals surface area contributed by atoms with Crippen LogP contribution in [0.25, 0.3) is 0 Å². The predicted molar refractivity (Wildman–Crippen MR) is 92.9 cm³/mol. The maximum absolute atomic E-state index is 5.96. The lowest BCUT2D eigenvalue weighted by Gasteiger charge is -2.25. The average Bonchev–Trinajstić information content (AvgIpc) is 2.58. The number of nitrogens with two attached hydrogens (primary N) is 2. The van der Waals surface area contributed by atoms with E-state index in [1.165, 1.54) is 11.5 Å². The van der Waals surface area contributed by atoms with Gasteiger partial charge in [-0.15, -0.1) is 0 Å². The molecule has 0 bridgehead atoms. The number of hydrogen-bond acceptors (Lipinski definition) is 5. The third-order valence-electron chi connectivity index (χ3n) is 3.43. The molecule has 0 spiro atoms. The van der Waals surface area contributed by atoms with Gasteiger partial charge in [-0.2, -0.15) is 5.10 Å². The Balaban J connectivity index is 2.11. The van der Waals surface area contributed by atoms with Crippen molar-refractivity contribution >= 4 is 6.34 Å². The summed E-state index contributed by atoms with van der Waals surface area (Å²) in [6, 6.07) is 17.4. The van der Waals surface area contributed by atoms with Gasteiger partial charge in [0.1, 0.15) is 17.8 Å². The number of hydrazine groups is 1. The first-order valence-electron chi connectivity index (χ1n) is 7.50. The molecule has 0 saturated carbocycles. The van der Waals surface area contributed by atoms with Crippen LogP contribution in [-0.4, -0.2) is 25.0 Å². The molecule has 6 heteroatoms. The second-order valence-electron chi connectivity index (χ2n) is 5.04. The Morgan fingerprint density at radius 1 is 1.13 bits per heavy atom. The largest absolute Gasteiger partial charge is 0.457 e. The number of nitrogens with one attached hydrogen (secondary N) is 1. The Morgan fingerprint density at radius 2 is 1.78 bits per heavy atom. The maximum atomic E-state index is 5.96. The first-order chi connectivity index (χ1) is 11.2. The molecule has 2 rings (SSSR count). The summed E-state index contributed by atoms with van der Waals surface area (Å²) in [5.74, 6) is 7.54. The third-order valence-corrected chi connectivity index (χ3v) is 3.43. The minimum absolute atomic E-state index is 0.0620. The van der Waals surface area contributed by atoms with E-state index in [4.69, 9.17) is 16.3 Å². The van der Waals surface area contributed by atoms with Gasteiger partial charge < -0.3 is 15.8 Å². The summed E-state index contributed by atoms with van der Waals surface area (Å²) in [5.41, 5.74) is 6.38. The number of hydrogen-bond donors (Lipinski definition) is 3. The molecule has 23 heavy (non-hydrogen) atoms. The van der Waals surface area contributed by atoms with Crippen LogP contribution in [0.5, 0.6) is 11.5 Å². The zero-order valence-electron chi connectivity index (χ0n) is 13.2. The van der Waals surface area contributed by atoms with Crippen molar-refractivity contribution in [2.45, 2.75) is 12.5 Å². The molecule has 0 aliphatic heterocycles. The monoisotopic (exact) mass is 313 g/mol. The van der Waals surface area contributed by atoms with E-state index < -0.39 is 0 Å². The van der Waals surface area contributed by atoms with Crippen LogP contribution < -0.4 is 21.6 Å². The molecule has 1 unspecified atom stereocenters. The van der Waals surface area contributed by atoms with E-state index in [1.807, 2.05) is 61.6 Å². The second-order valence-corrected chi connectivity index (χ2v) is 5.04. The van der Waals surface area contributed by atoms with Crippen LogP contribution in [0.3, 0.4) is 0 Å². The molecule has 5 N–H and O–H groups in total. The molecular weight excluding hydrogens is 290 g/mol. The molecule has 0 amide bonds. The molecular formula is C17H23N5O. The average molecular weight is 313 g/mol. The summed E-state index contributed by atoms with van der Waals surface area (Å²) in [7, 11) is 1.90. The van der Waals surface area contributed by atoms with Gasteiger partial charge in [0.15, 0.2) is 0 Å². The van der Waals surface area contributed by atoms with E-state index in [1.54, 1.807) is 0 Å². The van der Waals surface area contributed by atoms with Crippen molar-refractivity contribution in [1.82, 2.24) is 10.4 Å². The molecule has 2 aromatic carbocycles. The van der Waals surface area contributed by atoms with Crippen LogP contribution in [0.15, 0.2) is 59.7 Å². The van der Waals surface area contributed by atoms with Crippen LogP contribution in [0.1, 0.15) is 18.0 Å². The van der Waals surface area contributed by atoms with E-state index in [0.29, 0.717) is 0 Å². The van der Waals surface area contributed by atoms with Crippen LogP contribution in [0.4, 0.5) is 0 Å². The number of hydrazone groups is 1. The van der Waals surface area contributed by atoms with Crippen molar-refractivity contribution in [3.8, 4) is 11.5 Å². The highest BCUT2D eigenvalue weighted by Crippen LogP contribution is 2.26. The summed E-state index contributed by atoms with van der Waals surface area (Å²) in [6.45, 7) is 0.820. The smallest absolute Gasteiger partial charge is 0.127 e. The molecule has 6 nitrogen and oxygen atoms in total. The maximum Gasteiger partial charge on any atom is 0.127 e. The zero-order valence-corrected chi connectivity index (χ0v) is 13.2. The van der Waals surface area contributed by atoms with E-state index >= 15 is 0 Å². The molecule has 0 heterocycles. The third kappa shape index (κ3) is 4.98. The first kappa shape index (κ1) is 16.8. The Hall–Kier alpha value is -2.57. The van der Waals surface area contributed by atoms with Crippen LogP contribution in [0.2, 0.25) is 0 Å². The van der Waals surface area contributed by atoms with Crippen LogP contribution >= 0.6 is 0 Å². The first-order valence-corrected chi connectivity index (χ1v) is 7.50. The van der Waals surface area contributed by atoms with Gasteiger partial charge in [-0.1, -0.05) is 30.3 Å². The standard InChI is InChI=1S/C17H23N5O/c1-20-12-11-17(22(19)21-13-18)14-7-9-16(10-8-14)23-15-5-3-2-4-6-15/h2-10,13,17,20H,11-12,19H2,1H3,(H2,18,21). The summed E-state index contributed by atoms with van der Waals surface area (Å²) in [6.07, 6.45) is 2.00. The van der Waals surface area contributed by atoms with E-state index in [-0.39, 0.29) is 6.04 Å². The normalized spacial score (nSPS) is 12.3. The lowest BCUT2D eigenvalue weighted by Crippen LogP contribution is -2.32. The van der Waals surface area contributed by atoms with Gasteiger partial charge in [-0.05, 0) is 49.8 Å². The van der Waals surface area contributed by atoms with Crippen molar-refractivity contribution in [2.24, 2.45) is 16.7 Å². The highest BCUT2D eigenvalue weighted by atomic mass is 16.5. The van der Waals surface area contributed by atoms with E-state index in [9.17, 15) is 0 Å². The summed E-state index contributed by atoms with van der Waals surface area (Å²) < 4.78 is 5.80. The van der Waals surface area contributed by atoms with Crippen LogP contribution in [0, 0.1) is 0 Å². The SMILES string of the molecule is CNCCC(c1ccc(Oc2ccccc2)cc1)N(N)/N=C\N. The molecule has 0 aliphatic carbocycles. The Morgan fingerprint density at radius 3 is 2.39 bits per heavy atom. The van der Waals surface area contributed by atoms with Crippen molar-refractivity contribution in [2.75, 3.05) is 13.6 Å². The quantitative estimate of drug-likeness (QED) is 0.301. The fourth-order valence-electron chi connectivity index (χ4n) is 2.27. The van der Waals surface area contributed by atoms with E-state index in [2.05, 4.69) is 10.4 Å². The molecule has 0 saturated heterocycles. The topological polar surface area (TPSA) is 88.9 Å². The van der Waals surface area contributed by atoms with Gasteiger partial charge in [-0.25, -0.2) is 11.0 Å². The van der Waals surface area contributed by atoms with Gasteiger partial charge in [0.2, 0.25) is 0 Å². The Labute approximate surface area is 136 Å². The minimum Gasteiger partial charge on any atom is -0.457 e. The minimum atomic E-state index is -0.0620. The van der Waals surface area contributed by atoms with Gasteiger partial charge in [-0.3, -0.25) is 0 Å². The van der Waals surface area contributed by atoms with Gasteiger partial charge in [0.25, 0.3) is 0 Å². The van der Waals surface area contributed by atoms with Gasteiger partial charge in [0.05, 0.1) is 6.04 Å². The number of para-hydroxylation sites is 1. The Bertz CT molecular complexity index is 600. The van der Waals surface area contributed by atoms with Crippen molar-refractivity contribution in [1.29, 1.82) is 0 Å². The molecule has 0 radical (unpaired) electrons. The molecule has 1 atom stereocenters. The number of ether oxygens (including phenoxy) is 1.